The first-order valence-corrected chi connectivity index (χ1v) is 5.82. The van der Waals surface area contributed by atoms with Gasteiger partial charge in [0.2, 0.25) is 0 Å². The zero-order valence-electron chi connectivity index (χ0n) is 10.2. The van der Waals surface area contributed by atoms with Crippen molar-refractivity contribution in [2.45, 2.75) is 4.45 Å². The van der Waals surface area contributed by atoms with E-state index in [9.17, 15) is 0 Å². The molecule has 1 aromatic rings. The molecule has 94 valence electrons. The normalized spacial score (nSPS) is 14.7. The van der Waals surface area contributed by atoms with Crippen LogP contribution in [-0.2, 0) is 20.9 Å². The first-order valence-electron chi connectivity index (χ1n) is 5.03. The van der Waals surface area contributed by atoms with Crippen LogP contribution < -0.4 is 0 Å². The van der Waals surface area contributed by atoms with E-state index in [1.807, 2.05) is 6.07 Å². The number of hydrogen-bond donors (Lipinski definition) is 0. The predicted octanol–water partition coefficient (Wildman–Crippen LogP) is 2.36. The molecule has 0 radical (unpaired) electrons. The van der Waals surface area contributed by atoms with Crippen LogP contribution in [0.15, 0.2) is 30.3 Å². The molecular formula is C12H19BrN2Ni. The first-order chi connectivity index (χ1) is 6.97. The van der Waals surface area contributed by atoms with Crippen molar-refractivity contribution >= 4 is 15.9 Å². The SMILES string of the molecule is CN(C)CC(Br)(c1ccccc1)N(C)C.[Ni]. The van der Waals surface area contributed by atoms with Gasteiger partial charge in [-0.2, -0.15) is 0 Å². The average molecular weight is 330 g/mol. The zero-order chi connectivity index (χ0) is 11.5. The van der Waals surface area contributed by atoms with Gasteiger partial charge >= 0.3 is 0 Å². The molecule has 0 saturated carbocycles. The molecular weight excluding hydrogens is 311 g/mol. The van der Waals surface area contributed by atoms with E-state index in [4.69, 9.17) is 0 Å². The van der Waals surface area contributed by atoms with Crippen LogP contribution in [0.5, 0.6) is 0 Å². The maximum absolute atomic E-state index is 3.84. The van der Waals surface area contributed by atoms with E-state index < -0.39 is 0 Å². The Hall–Kier alpha value is 0.114. The van der Waals surface area contributed by atoms with Crippen LogP contribution >= 0.6 is 15.9 Å². The number of hydrogen-bond acceptors (Lipinski definition) is 2. The second-order valence-electron chi connectivity index (χ2n) is 4.26. The molecule has 0 saturated heterocycles. The third-order valence-corrected chi connectivity index (χ3v) is 3.87. The van der Waals surface area contributed by atoms with E-state index >= 15 is 0 Å². The van der Waals surface area contributed by atoms with E-state index in [0.717, 1.165) is 6.54 Å². The maximum Gasteiger partial charge on any atom is 0.114 e. The summed E-state index contributed by atoms with van der Waals surface area (Å²) in [6.07, 6.45) is 0. The number of halogens is 1. The van der Waals surface area contributed by atoms with Gasteiger partial charge in [-0.1, -0.05) is 46.3 Å². The summed E-state index contributed by atoms with van der Waals surface area (Å²) in [7, 11) is 8.35. The minimum Gasteiger partial charge on any atom is -0.306 e. The second-order valence-corrected chi connectivity index (χ2v) is 5.57. The Balaban J connectivity index is 0.00000225. The van der Waals surface area contributed by atoms with Gasteiger partial charge in [-0.3, -0.25) is 4.90 Å². The summed E-state index contributed by atoms with van der Waals surface area (Å²) in [6, 6.07) is 10.5. The molecule has 0 bridgehead atoms. The topological polar surface area (TPSA) is 6.48 Å². The Morgan fingerprint density at radius 1 is 1.06 bits per heavy atom. The van der Waals surface area contributed by atoms with Crippen molar-refractivity contribution in [1.29, 1.82) is 0 Å². The summed E-state index contributed by atoms with van der Waals surface area (Å²) in [4.78, 5) is 4.38. The predicted molar refractivity (Wildman–Crippen MR) is 69.3 cm³/mol. The minimum absolute atomic E-state index is 0. The van der Waals surface area contributed by atoms with Gasteiger partial charge in [0, 0.05) is 23.0 Å². The number of alkyl halides is 1. The molecule has 0 N–H and O–H groups in total. The fourth-order valence-electron chi connectivity index (χ4n) is 1.60. The molecule has 0 amide bonds. The van der Waals surface area contributed by atoms with E-state index in [2.05, 4.69) is 78.2 Å². The van der Waals surface area contributed by atoms with Crippen molar-refractivity contribution in [1.82, 2.24) is 9.80 Å². The average Bonchev–Trinajstić information content (AvgIpc) is 2.17. The Morgan fingerprint density at radius 3 is 1.94 bits per heavy atom. The van der Waals surface area contributed by atoms with E-state index in [0.29, 0.717) is 0 Å². The zero-order valence-corrected chi connectivity index (χ0v) is 12.8. The Kier molecular flexibility index (Phi) is 6.80. The van der Waals surface area contributed by atoms with Crippen LogP contribution in [0, 0.1) is 0 Å². The molecule has 0 fully saturated rings. The van der Waals surface area contributed by atoms with E-state index in [1.165, 1.54) is 5.56 Å². The summed E-state index contributed by atoms with van der Waals surface area (Å²) in [5.41, 5.74) is 1.28. The van der Waals surface area contributed by atoms with E-state index in [1.54, 1.807) is 0 Å². The first kappa shape index (κ1) is 16.1. The molecule has 1 aromatic carbocycles. The summed E-state index contributed by atoms with van der Waals surface area (Å²) < 4.78 is -0.113. The Morgan fingerprint density at radius 2 is 1.56 bits per heavy atom. The van der Waals surface area contributed by atoms with E-state index in [-0.39, 0.29) is 20.9 Å². The summed E-state index contributed by atoms with van der Waals surface area (Å²) in [5.74, 6) is 0. The summed E-state index contributed by atoms with van der Waals surface area (Å²) in [5, 5.41) is 0. The molecule has 16 heavy (non-hydrogen) atoms. The molecule has 2 nitrogen and oxygen atoms in total. The van der Waals surface area contributed by atoms with Crippen LogP contribution in [0.1, 0.15) is 5.56 Å². The van der Waals surface area contributed by atoms with Crippen molar-refractivity contribution in [3.05, 3.63) is 35.9 Å². The molecule has 0 aliphatic heterocycles. The molecule has 1 rings (SSSR count). The molecule has 4 heteroatoms. The van der Waals surface area contributed by atoms with Gasteiger partial charge in [0.05, 0.1) is 0 Å². The molecule has 0 spiro atoms. The van der Waals surface area contributed by atoms with Gasteiger partial charge < -0.3 is 4.90 Å². The van der Waals surface area contributed by atoms with Gasteiger partial charge in [-0.05, 0) is 33.8 Å². The second kappa shape index (κ2) is 6.75. The van der Waals surface area contributed by atoms with Crippen LogP contribution in [-0.4, -0.2) is 44.5 Å². The summed E-state index contributed by atoms with van der Waals surface area (Å²) >= 11 is 3.84. The van der Waals surface area contributed by atoms with Crippen LogP contribution in [0.25, 0.3) is 0 Å². The minimum atomic E-state index is -0.113. The van der Waals surface area contributed by atoms with Crippen LogP contribution in [0.3, 0.4) is 0 Å². The number of nitrogens with zero attached hydrogens (tertiary/aromatic N) is 2. The Labute approximate surface area is 117 Å². The van der Waals surface area contributed by atoms with Crippen molar-refractivity contribution in [2.24, 2.45) is 0 Å². The number of rotatable bonds is 4. The quantitative estimate of drug-likeness (QED) is 0.475. The van der Waals surface area contributed by atoms with Crippen molar-refractivity contribution in [3.63, 3.8) is 0 Å². The third kappa shape index (κ3) is 3.85. The van der Waals surface area contributed by atoms with Crippen LogP contribution in [0.2, 0.25) is 0 Å². The number of likely N-dealkylation sites (N-methyl/N-ethyl adjacent to an activating group) is 2. The van der Waals surface area contributed by atoms with Crippen molar-refractivity contribution in [3.8, 4) is 0 Å². The molecule has 0 aliphatic carbocycles. The van der Waals surface area contributed by atoms with Gasteiger partial charge in [0.15, 0.2) is 0 Å². The van der Waals surface area contributed by atoms with Gasteiger partial charge in [0.1, 0.15) is 4.45 Å². The Bertz CT molecular complexity index is 303. The monoisotopic (exact) mass is 328 g/mol. The largest absolute Gasteiger partial charge is 0.306 e. The molecule has 0 aliphatic rings. The summed E-state index contributed by atoms with van der Waals surface area (Å²) in [6.45, 7) is 0.935. The van der Waals surface area contributed by atoms with Gasteiger partial charge in [-0.25, -0.2) is 0 Å². The van der Waals surface area contributed by atoms with Crippen molar-refractivity contribution < 1.29 is 16.5 Å². The molecule has 1 unspecified atom stereocenters. The molecule has 0 aromatic heterocycles. The maximum atomic E-state index is 3.84. The fourth-order valence-corrected chi connectivity index (χ4v) is 2.37. The van der Waals surface area contributed by atoms with Crippen LogP contribution in [0.4, 0.5) is 0 Å². The number of benzene rings is 1. The standard InChI is InChI=1S/C12H19BrN2.Ni/c1-14(2)10-12(13,15(3)4)11-8-6-5-7-9-11;/h5-9H,10H2,1-4H3;. The smallest absolute Gasteiger partial charge is 0.114 e. The van der Waals surface area contributed by atoms with Gasteiger partial charge in [-0.15, -0.1) is 0 Å². The van der Waals surface area contributed by atoms with Gasteiger partial charge in [0.25, 0.3) is 0 Å². The van der Waals surface area contributed by atoms with Crippen molar-refractivity contribution in [2.75, 3.05) is 34.7 Å². The molecule has 0 heterocycles. The third-order valence-electron chi connectivity index (χ3n) is 2.45. The molecule has 1 atom stereocenters. The fraction of sp³-hybridized carbons (Fsp3) is 0.500.